The van der Waals surface area contributed by atoms with Gasteiger partial charge in [0.05, 0.1) is 13.2 Å². The molecule has 0 saturated carbocycles. The molecule has 134 valence electrons. The van der Waals surface area contributed by atoms with E-state index in [4.69, 9.17) is 9.47 Å². The Kier molecular flexibility index (Phi) is 4.39. The number of fused-ring (bicyclic) bond motifs is 1. The van der Waals surface area contributed by atoms with Crippen LogP contribution in [0.4, 0.5) is 0 Å². The Labute approximate surface area is 143 Å². The molecule has 3 rings (SSSR count). The number of aryl methyl sites for hydroxylation is 1. The summed E-state index contributed by atoms with van der Waals surface area (Å²) in [5, 5.41) is 0. The minimum absolute atomic E-state index is 0.0277. The number of H-pyrrole nitrogens is 2. The number of benzene rings is 1. The fourth-order valence-corrected chi connectivity index (χ4v) is 4.28. The van der Waals surface area contributed by atoms with Crippen molar-refractivity contribution < 1.29 is 17.9 Å². The molecule has 1 aromatic carbocycles. The van der Waals surface area contributed by atoms with Gasteiger partial charge >= 0.3 is 5.69 Å². The quantitative estimate of drug-likeness (QED) is 0.678. The molecule has 1 unspecified atom stereocenters. The molecule has 0 bridgehead atoms. The summed E-state index contributed by atoms with van der Waals surface area (Å²) < 4.78 is 38.4. The maximum atomic E-state index is 12.6. The molecule has 2 heterocycles. The van der Waals surface area contributed by atoms with E-state index in [1.54, 1.807) is 12.1 Å². The van der Waals surface area contributed by atoms with Gasteiger partial charge in [-0.1, -0.05) is 12.1 Å². The molecular weight excluding hydrogens is 350 g/mol. The highest BCUT2D eigenvalue weighted by molar-refractivity contribution is 7.89. The first-order chi connectivity index (χ1) is 11.8. The first kappa shape index (κ1) is 17.2. The van der Waals surface area contributed by atoms with Crippen LogP contribution in [0.25, 0.3) is 0 Å². The summed E-state index contributed by atoms with van der Waals surface area (Å²) >= 11 is 0. The number of para-hydroxylation sites is 1. The summed E-state index contributed by atoms with van der Waals surface area (Å²) in [4.78, 5) is 26.8. The smallest absolute Gasteiger partial charge is 0.325 e. The molecule has 1 aromatic heterocycles. The molecule has 0 spiro atoms. The molecule has 10 heteroatoms. The zero-order valence-corrected chi connectivity index (χ0v) is 14.4. The molecule has 0 radical (unpaired) electrons. The normalized spacial score (nSPS) is 16.8. The van der Waals surface area contributed by atoms with E-state index in [9.17, 15) is 18.0 Å². The molecule has 1 atom stereocenters. The summed E-state index contributed by atoms with van der Waals surface area (Å²) in [5.74, 6) is 1.16. The van der Waals surface area contributed by atoms with Crippen molar-refractivity contribution in [2.45, 2.75) is 24.3 Å². The lowest BCUT2D eigenvalue weighted by atomic mass is 10.0. The second kappa shape index (κ2) is 6.37. The highest BCUT2D eigenvalue weighted by Gasteiger charge is 2.29. The Morgan fingerprint density at radius 1 is 1.28 bits per heavy atom. The van der Waals surface area contributed by atoms with Crippen LogP contribution in [-0.2, 0) is 16.4 Å². The predicted octanol–water partition coefficient (Wildman–Crippen LogP) is -0.338. The Balaban J connectivity index is 1.88. The van der Waals surface area contributed by atoms with Crippen LogP contribution < -0.4 is 25.4 Å². The summed E-state index contributed by atoms with van der Waals surface area (Å²) in [7, 11) is -2.60. The Hall–Kier alpha value is -2.59. The average Bonchev–Trinajstić information content (AvgIpc) is 2.52. The van der Waals surface area contributed by atoms with Crippen LogP contribution in [0.5, 0.6) is 11.5 Å². The number of rotatable bonds is 4. The lowest BCUT2D eigenvalue weighted by Crippen LogP contribution is -2.45. The van der Waals surface area contributed by atoms with Crippen LogP contribution >= 0.6 is 0 Å². The lowest BCUT2D eigenvalue weighted by molar-refractivity contribution is 0.240. The summed E-state index contributed by atoms with van der Waals surface area (Å²) in [6.45, 7) is 1.44. The Morgan fingerprint density at radius 3 is 2.72 bits per heavy atom. The average molecular weight is 367 g/mol. The van der Waals surface area contributed by atoms with Crippen molar-refractivity contribution in [3.8, 4) is 11.5 Å². The van der Waals surface area contributed by atoms with Gasteiger partial charge in [-0.2, -0.15) is 0 Å². The second-order valence-corrected chi connectivity index (χ2v) is 7.30. The fourth-order valence-electron chi connectivity index (χ4n) is 2.82. The van der Waals surface area contributed by atoms with E-state index in [-0.39, 0.29) is 12.3 Å². The first-order valence-electron chi connectivity index (χ1n) is 7.46. The van der Waals surface area contributed by atoms with E-state index in [1.807, 2.05) is 11.1 Å². The van der Waals surface area contributed by atoms with Crippen molar-refractivity contribution >= 4 is 10.0 Å². The fraction of sp³-hybridized carbons (Fsp3) is 0.333. The van der Waals surface area contributed by atoms with Crippen LogP contribution in [0.15, 0.2) is 32.7 Å². The number of aromatic nitrogens is 2. The number of nitrogens with one attached hydrogen (secondary N) is 3. The zero-order chi connectivity index (χ0) is 18.2. The predicted molar refractivity (Wildman–Crippen MR) is 88.7 cm³/mol. The molecule has 3 N–H and O–H groups in total. The van der Waals surface area contributed by atoms with Gasteiger partial charge in [0.1, 0.15) is 6.61 Å². The molecule has 0 saturated heterocycles. The van der Waals surface area contributed by atoms with Crippen LogP contribution in [-0.4, -0.2) is 38.1 Å². The van der Waals surface area contributed by atoms with Crippen molar-refractivity contribution in [1.82, 2.24) is 14.7 Å². The van der Waals surface area contributed by atoms with Crippen molar-refractivity contribution in [2.24, 2.45) is 0 Å². The van der Waals surface area contributed by atoms with Gasteiger partial charge in [0.25, 0.3) is 5.56 Å². The number of hydrogen-bond donors (Lipinski definition) is 3. The van der Waals surface area contributed by atoms with E-state index in [0.29, 0.717) is 17.9 Å². The van der Waals surface area contributed by atoms with Gasteiger partial charge in [-0.05, 0) is 25.0 Å². The van der Waals surface area contributed by atoms with Crippen molar-refractivity contribution in [3.63, 3.8) is 0 Å². The van der Waals surface area contributed by atoms with E-state index in [1.165, 1.54) is 14.0 Å². The number of aromatic amines is 2. The van der Waals surface area contributed by atoms with Crippen LogP contribution in [0.3, 0.4) is 0 Å². The Morgan fingerprint density at radius 2 is 2.04 bits per heavy atom. The molecule has 0 amide bonds. The Bertz CT molecular complexity index is 1020. The summed E-state index contributed by atoms with van der Waals surface area (Å²) in [6, 6.07) is 4.80. The highest BCUT2D eigenvalue weighted by atomic mass is 32.2. The number of ether oxygens (including phenoxy) is 2. The van der Waals surface area contributed by atoms with Gasteiger partial charge < -0.3 is 14.5 Å². The number of sulfonamides is 1. The molecule has 25 heavy (non-hydrogen) atoms. The third kappa shape index (κ3) is 3.30. The minimum Gasteiger partial charge on any atom is -0.493 e. The third-order valence-electron chi connectivity index (χ3n) is 3.84. The van der Waals surface area contributed by atoms with Crippen LogP contribution in [0, 0.1) is 6.92 Å². The van der Waals surface area contributed by atoms with E-state index in [0.717, 1.165) is 5.56 Å². The van der Waals surface area contributed by atoms with Gasteiger partial charge in [-0.15, -0.1) is 0 Å². The number of methoxy groups -OCH3 is 1. The monoisotopic (exact) mass is 367 g/mol. The standard InChI is InChI=1S/C15H17N3O6S/c1-8-13(14(19)17-15(20)16-8)25(21,22)18-10-6-9-4-3-5-11(23-2)12(9)24-7-10/h3-5,10,18H,6-7H2,1-2H3,(H2,16,17,19,20). The van der Waals surface area contributed by atoms with Crippen molar-refractivity contribution in [1.29, 1.82) is 0 Å². The van der Waals surface area contributed by atoms with Crippen molar-refractivity contribution in [3.05, 3.63) is 50.3 Å². The van der Waals surface area contributed by atoms with Gasteiger partial charge in [-0.3, -0.25) is 9.78 Å². The maximum Gasteiger partial charge on any atom is 0.325 e. The highest BCUT2D eigenvalue weighted by Crippen LogP contribution is 2.34. The molecule has 1 aliphatic rings. The first-order valence-corrected chi connectivity index (χ1v) is 8.94. The second-order valence-electron chi connectivity index (χ2n) is 5.64. The molecule has 2 aromatic rings. The maximum absolute atomic E-state index is 12.6. The SMILES string of the molecule is COc1cccc2c1OCC(NS(=O)(=O)c1c(C)[nH]c(=O)[nH]c1=O)C2. The van der Waals surface area contributed by atoms with E-state index in [2.05, 4.69) is 9.71 Å². The molecule has 1 aliphatic heterocycles. The zero-order valence-electron chi connectivity index (χ0n) is 13.6. The molecule has 0 aliphatic carbocycles. The molecule has 0 fully saturated rings. The van der Waals surface area contributed by atoms with E-state index >= 15 is 0 Å². The van der Waals surface area contributed by atoms with Crippen molar-refractivity contribution in [2.75, 3.05) is 13.7 Å². The third-order valence-corrected chi connectivity index (χ3v) is 5.51. The van der Waals surface area contributed by atoms with Crippen LogP contribution in [0.1, 0.15) is 11.3 Å². The van der Waals surface area contributed by atoms with Gasteiger partial charge in [0.2, 0.25) is 10.0 Å². The molecule has 9 nitrogen and oxygen atoms in total. The largest absolute Gasteiger partial charge is 0.493 e. The van der Waals surface area contributed by atoms with Crippen LogP contribution in [0.2, 0.25) is 0 Å². The molecular formula is C15H17N3O6S. The van der Waals surface area contributed by atoms with E-state index < -0.39 is 32.2 Å². The summed E-state index contributed by atoms with van der Waals surface area (Å²) in [5.41, 5.74) is -0.957. The topological polar surface area (TPSA) is 130 Å². The van der Waals surface area contributed by atoms with Gasteiger partial charge in [0.15, 0.2) is 16.4 Å². The number of hydrogen-bond acceptors (Lipinski definition) is 6. The van der Waals surface area contributed by atoms with Gasteiger partial charge in [0, 0.05) is 5.69 Å². The van der Waals surface area contributed by atoms with Gasteiger partial charge in [-0.25, -0.2) is 17.9 Å². The lowest BCUT2D eigenvalue weighted by Gasteiger charge is -2.27. The minimum atomic E-state index is -4.13. The summed E-state index contributed by atoms with van der Waals surface area (Å²) in [6.07, 6.45) is 0.381.